The summed E-state index contributed by atoms with van der Waals surface area (Å²) in [5, 5.41) is 0. The Hall–Kier alpha value is -1.35. The van der Waals surface area contributed by atoms with Gasteiger partial charge in [0.25, 0.3) is 0 Å². The molecule has 0 aliphatic rings. The van der Waals surface area contributed by atoms with Crippen LogP contribution in [0.3, 0.4) is 0 Å². The fourth-order valence-corrected chi connectivity index (χ4v) is 36.2. The lowest BCUT2D eigenvalue weighted by atomic mass is 10.1. The number of hydrogen-bond donors (Lipinski definition) is 0. The van der Waals surface area contributed by atoms with E-state index in [2.05, 4.69) is 119 Å². The first-order chi connectivity index (χ1) is 12.3. The average Bonchev–Trinajstić information content (AvgIpc) is 2.51. The molecular formula is C24H36Si3. The molecule has 0 atom stereocenters. The van der Waals surface area contributed by atoms with Crippen LogP contribution in [0.25, 0.3) is 0 Å². The molecule has 0 radical (unpaired) electrons. The first-order valence-electron chi connectivity index (χ1n) is 9.99. The summed E-state index contributed by atoms with van der Waals surface area (Å²) in [6.45, 7) is 23.3. The zero-order chi connectivity index (χ0) is 20.5. The van der Waals surface area contributed by atoms with Crippen LogP contribution in [-0.4, -0.2) is 24.2 Å². The smallest absolute Gasteiger partial charge is 0.0500 e. The Morgan fingerprint density at radius 1 is 0.556 bits per heavy atom. The summed E-state index contributed by atoms with van der Waals surface area (Å²) in [7, 11) is -4.60. The van der Waals surface area contributed by atoms with E-state index in [1.165, 1.54) is 5.56 Å². The van der Waals surface area contributed by atoms with Crippen molar-refractivity contribution in [2.75, 3.05) is 0 Å². The van der Waals surface area contributed by atoms with Crippen molar-refractivity contribution in [3.63, 3.8) is 0 Å². The molecule has 27 heavy (non-hydrogen) atoms. The van der Waals surface area contributed by atoms with Gasteiger partial charge in [-0.15, -0.1) is 0 Å². The first kappa shape index (κ1) is 21.9. The van der Waals surface area contributed by atoms with Gasteiger partial charge in [0.2, 0.25) is 0 Å². The summed E-state index contributed by atoms with van der Waals surface area (Å²) in [6.07, 6.45) is 0. The lowest BCUT2D eigenvalue weighted by molar-refractivity contribution is 1.01. The minimum absolute atomic E-state index is 0.356. The van der Waals surface area contributed by atoms with Gasteiger partial charge in [0.1, 0.15) is 0 Å². The van der Waals surface area contributed by atoms with Crippen molar-refractivity contribution in [2.24, 2.45) is 0 Å². The summed E-state index contributed by atoms with van der Waals surface area (Å²) in [5.41, 5.74) is 3.88. The van der Waals surface area contributed by atoms with Crippen molar-refractivity contribution in [1.29, 1.82) is 0 Å². The molecule has 2 rings (SSSR count). The molecular weight excluding hydrogens is 373 g/mol. The van der Waals surface area contributed by atoms with Crippen LogP contribution in [0.1, 0.15) is 16.7 Å². The van der Waals surface area contributed by atoms with Crippen LogP contribution in [-0.2, 0) is 4.28 Å². The van der Waals surface area contributed by atoms with Gasteiger partial charge in [-0.1, -0.05) is 107 Å². The van der Waals surface area contributed by atoms with Gasteiger partial charge >= 0.3 is 0 Å². The number of hydrogen-bond acceptors (Lipinski definition) is 0. The van der Waals surface area contributed by atoms with Crippen molar-refractivity contribution >= 4 is 24.2 Å². The van der Waals surface area contributed by atoms with Gasteiger partial charge in [-0.2, -0.15) is 0 Å². The first-order valence-corrected chi connectivity index (χ1v) is 20.5. The van der Waals surface area contributed by atoms with E-state index >= 15 is 0 Å². The quantitative estimate of drug-likeness (QED) is 0.379. The topological polar surface area (TPSA) is 0 Å². The van der Waals surface area contributed by atoms with E-state index in [4.69, 9.17) is 0 Å². The van der Waals surface area contributed by atoms with Gasteiger partial charge in [-0.25, -0.2) is 0 Å². The second-order valence-corrected chi connectivity index (χ2v) is 27.9. The second kappa shape index (κ2) is 7.58. The third-order valence-electron chi connectivity index (χ3n) is 5.82. The van der Waals surface area contributed by atoms with E-state index in [0.29, 0.717) is 4.28 Å². The minimum atomic E-state index is -1.53. The van der Waals surface area contributed by atoms with Crippen LogP contribution in [0.15, 0.2) is 54.6 Å². The number of benzene rings is 2. The van der Waals surface area contributed by atoms with E-state index in [0.717, 1.165) is 5.56 Å². The third-order valence-corrected chi connectivity index (χ3v) is 26.9. The SMILES string of the molecule is C[Si](C)(C)C(c1ccccc1C#Cc1ccccc1)([Si](C)(C)C)[Si](C)(C)C. The maximum atomic E-state index is 3.57. The van der Waals surface area contributed by atoms with Gasteiger partial charge in [0.05, 0.1) is 0 Å². The molecule has 3 heteroatoms. The van der Waals surface area contributed by atoms with Crippen LogP contribution in [0, 0.1) is 11.8 Å². The summed E-state index contributed by atoms with van der Waals surface area (Å²) in [4.78, 5) is 0. The zero-order valence-corrected chi connectivity index (χ0v) is 21.7. The molecule has 0 nitrogen and oxygen atoms in total. The molecule has 0 aliphatic heterocycles. The Labute approximate surface area is 170 Å². The van der Waals surface area contributed by atoms with Crippen molar-refractivity contribution in [2.45, 2.75) is 63.2 Å². The summed E-state index contributed by atoms with van der Waals surface area (Å²) >= 11 is 0. The normalized spacial score (nSPS) is 13.1. The highest BCUT2D eigenvalue weighted by molar-refractivity contribution is 7.14. The summed E-state index contributed by atoms with van der Waals surface area (Å²) in [6, 6.07) is 19.4. The largest absolute Gasteiger partial charge is 0.0693 e. The van der Waals surface area contributed by atoms with Gasteiger partial charge < -0.3 is 0 Å². The molecule has 0 unspecified atom stereocenters. The second-order valence-electron chi connectivity index (χ2n) is 10.7. The number of rotatable bonds is 4. The summed E-state index contributed by atoms with van der Waals surface area (Å²) in [5.74, 6) is 6.99. The Bertz CT molecular complexity index is 799. The highest BCUT2D eigenvalue weighted by Crippen LogP contribution is 2.50. The van der Waals surface area contributed by atoms with E-state index in [1.807, 2.05) is 6.07 Å². The Kier molecular flexibility index (Phi) is 6.16. The molecule has 2 aromatic rings. The van der Waals surface area contributed by atoms with Crippen LogP contribution in [0.4, 0.5) is 0 Å². The molecule has 2 aromatic carbocycles. The van der Waals surface area contributed by atoms with Crippen molar-refractivity contribution < 1.29 is 0 Å². The molecule has 0 bridgehead atoms. The van der Waals surface area contributed by atoms with Crippen molar-refractivity contribution in [1.82, 2.24) is 0 Å². The molecule has 0 aliphatic carbocycles. The fraction of sp³-hybridized carbons (Fsp3) is 0.417. The van der Waals surface area contributed by atoms with Gasteiger partial charge in [0.15, 0.2) is 0 Å². The predicted molar refractivity (Wildman–Crippen MR) is 131 cm³/mol. The molecule has 0 aromatic heterocycles. The van der Waals surface area contributed by atoms with Crippen LogP contribution < -0.4 is 0 Å². The van der Waals surface area contributed by atoms with Crippen LogP contribution in [0.2, 0.25) is 58.9 Å². The standard InChI is InChI=1S/C24H36Si3/c1-25(2,3)24(26(4,5)6,27(7,8)9)23-18-14-13-17-22(23)20-19-21-15-11-10-12-16-21/h10-18H,1-9H3. The highest BCUT2D eigenvalue weighted by Gasteiger charge is 2.61. The summed E-state index contributed by atoms with van der Waals surface area (Å²) < 4.78 is 0.356. The molecule has 0 saturated heterocycles. The molecule has 0 saturated carbocycles. The van der Waals surface area contributed by atoms with Crippen molar-refractivity contribution in [3.05, 3.63) is 71.3 Å². The van der Waals surface area contributed by atoms with Crippen LogP contribution in [0.5, 0.6) is 0 Å². The van der Waals surface area contributed by atoms with Crippen LogP contribution >= 0.6 is 0 Å². The predicted octanol–water partition coefficient (Wildman–Crippen LogP) is 6.96. The molecule has 0 spiro atoms. The Morgan fingerprint density at radius 3 is 1.48 bits per heavy atom. The van der Waals surface area contributed by atoms with E-state index < -0.39 is 24.2 Å². The lowest BCUT2D eigenvalue weighted by Crippen LogP contribution is -2.74. The molecule has 0 fully saturated rings. The maximum absolute atomic E-state index is 3.57. The average molecular weight is 409 g/mol. The van der Waals surface area contributed by atoms with Crippen molar-refractivity contribution in [3.8, 4) is 11.8 Å². The molecule has 0 N–H and O–H groups in total. The van der Waals surface area contributed by atoms with E-state index in [1.54, 1.807) is 5.56 Å². The van der Waals surface area contributed by atoms with E-state index in [9.17, 15) is 0 Å². The van der Waals surface area contributed by atoms with Gasteiger partial charge in [0, 0.05) is 35.3 Å². The Morgan fingerprint density at radius 2 is 1.00 bits per heavy atom. The lowest BCUT2D eigenvalue weighted by Gasteiger charge is -2.60. The van der Waals surface area contributed by atoms with Gasteiger partial charge in [-0.3, -0.25) is 0 Å². The Balaban J connectivity index is 2.82. The zero-order valence-electron chi connectivity index (χ0n) is 18.7. The monoisotopic (exact) mass is 408 g/mol. The van der Waals surface area contributed by atoms with Gasteiger partial charge in [-0.05, 0) is 28.0 Å². The highest BCUT2D eigenvalue weighted by atomic mass is 28.5. The minimum Gasteiger partial charge on any atom is -0.0693 e. The molecule has 0 heterocycles. The third kappa shape index (κ3) is 4.08. The fourth-order valence-electron chi connectivity index (χ4n) is 6.17. The maximum Gasteiger partial charge on any atom is 0.0500 e. The van der Waals surface area contributed by atoms with E-state index in [-0.39, 0.29) is 0 Å². The molecule has 144 valence electrons. The molecule has 0 amide bonds.